The maximum atomic E-state index is 15.0. The zero-order valence-electron chi connectivity index (χ0n) is 19.8. The zero-order valence-corrected chi connectivity index (χ0v) is 21.4. The Balaban J connectivity index is 0.00000304. The Morgan fingerprint density at radius 2 is 2.19 bits per heavy atom. The number of alkyl halides is 1. The standard InChI is InChI=1S/C25H28FN5O3S.ClH/c1-34-16-3-4-20-18(10-16)17(6-8-27-20)22(32)13-31-9-7-21(19(26)12-31)28-11-15-2-5-23-25(29-15)30-24(33)14-35-23;/h2-6,8,10,19,21-22,28,32H,7,9,11-14H2,1H3,(H,29,30,33);1H/t19?,21?,22-;/m0./s1. The number of anilines is 1. The van der Waals surface area contributed by atoms with Gasteiger partial charge in [-0.2, -0.15) is 0 Å². The Morgan fingerprint density at radius 1 is 1.33 bits per heavy atom. The molecule has 2 aliphatic rings. The fourth-order valence-corrected chi connectivity index (χ4v) is 5.37. The summed E-state index contributed by atoms with van der Waals surface area (Å²) in [7, 11) is 1.60. The highest BCUT2D eigenvalue weighted by atomic mass is 35.5. The minimum Gasteiger partial charge on any atom is -0.497 e. The number of aliphatic hydroxyl groups excluding tert-OH is 1. The van der Waals surface area contributed by atoms with Crippen molar-refractivity contribution in [3.63, 3.8) is 0 Å². The SMILES string of the molecule is COc1ccc2nccc([C@@H](O)CN3CCC(NCc4ccc5c(n4)NC(=O)CS5)C(F)C3)c2c1.Cl. The summed E-state index contributed by atoms with van der Waals surface area (Å²) in [5.41, 5.74) is 2.30. The number of pyridine rings is 2. The van der Waals surface area contributed by atoms with E-state index in [-0.39, 0.29) is 30.9 Å². The number of piperidine rings is 1. The van der Waals surface area contributed by atoms with Gasteiger partial charge in [0.2, 0.25) is 5.91 Å². The van der Waals surface area contributed by atoms with Crippen molar-refractivity contribution in [2.24, 2.45) is 0 Å². The lowest BCUT2D eigenvalue weighted by Crippen LogP contribution is -2.51. The summed E-state index contributed by atoms with van der Waals surface area (Å²) in [6, 6.07) is 10.9. The quantitative estimate of drug-likeness (QED) is 0.425. The second-order valence-corrected chi connectivity index (χ2v) is 9.85. The number of thioether (sulfide) groups is 1. The first kappa shape index (κ1) is 26.6. The number of benzene rings is 1. The third-order valence-corrected chi connectivity index (χ3v) is 7.52. The molecule has 3 atom stereocenters. The highest BCUT2D eigenvalue weighted by molar-refractivity contribution is 8.00. The summed E-state index contributed by atoms with van der Waals surface area (Å²) in [6.45, 7) is 1.68. The first-order valence-electron chi connectivity index (χ1n) is 11.6. The minimum absolute atomic E-state index is 0. The van der Waals surface area contributed by atoms with Crippen LogP contribution in [0.5, 0.6) is 5.75 Å². The van der Waals surface area contributed by atoms with E-state index in [1.165, 1.54) is 11.8 Å². The smallest absolute Gasteiger partial charge is 0.235 e. The van der Waals surface area contributed by atoms with Crippen LogP contribution in [0.4, 0.5) is 10.2 Å². The molecular weight excluding hydrogens is 505 g/mol. The van der Waals surface area contributed by atoms with Gasteiger partial charge in [-0.3, -0.25) is 14.7 Å². The summed E-state index contributed by atoms with van der Waals surface area (Å²) in [5.74, 6) is 1.61. The number of aliphatic hydroxyl groups is 1. The van der Waals surface area contributed by atoms with Gasteiger partial charge in [-0.25, -0.2) is 9.37 Å². The van der Waals surface area contributed by atoms with Gasteiger partial charge in [0.1, 0.15) is 17.7 Å². The lowest BCUT2D eigenvalue weighted by atomic mass is 10.00. The van der Waals surface area contributed by atoms with Crippen molar-refractivity contribution in [3.8, 4) is 5.75 Å². The number of halogens is 2. The Kier molecular flexibility index (Phi) is 8.63. The Morgan fingerprint density at radius 3 is 3.00 bits per heavy atom. The number of rotatable bonds is 7. The van der Waals surface area contributed by atoms with Crippen LogP contribution in [0.3, 0.4) is 0 Å². The van der Waals surface area contributed by atoms with Crippen LogP contribution in [-0.4, -0.2) is 70.6 Å². The third kappa shape index (κ3) is 5.90. The van der Waals surface area contributed by atoms with Crippen LogP contribution in [0.2, 0.25) is 0 Å². The molecule has 1 amide bonds. The number of carbonyl (C=O) groups excluding carboxylic acids is 1. The number of fused-ring (bicyclic) bond motifs is 2. The maximum absolute atomic E-state index is 15.0. The topological polar surface area (TPSA) is 99.6 Å². The van der Waals surface area contributed by atoms with Gasteiger partial charge in [-0.1, -0.05) is 0 Å². The van der Waals surface area contributed by atoms with E-state index in [9.17, 15) is 9.90 Å². The predicted molar refractivity (Wildman–Crippen MR) is 141 cm³/mol. The molecular formula is C25H29ClFN5O3S. The summed E-state index contributed by atoms with van der Waals surface area (Å²) in [6.07, 6.45) is 0.464. The van der Waals surface area contributed by atoms with Crippen molar-refractivity contribution < 1.29 is 19.0 Å². The van der Waals surface area contributed by atoms with Crippen molar-refractivity contribution in [3.05, 3.63) is 53.9 Å². The van der Waals surface area contributed by atoms with Crippen molar-refractivity contribution in [2.75, 3.05) is 37.8 Å². The molecule has 3 N–H and O–H groups in total. The van der Waals surface area contributed by atoms with Gasteiger partial charge in [-0.15, -0.1) is 24.2 Å². The van der Waals surface area contributed by atoms with Crippen LogP contribution in [-0.2, 0) is 11.3 Å². The van der Waals surface area contributed by atoms with Crippen LogP contribution in [0.15, 0.2) is 47.5 Å². The summed E-state index contributed by atoms with van der Waals surface area (Å²) >= 11 is 1.47. The second-order valence-electron chi connectivity index (χ2n) is 8.84. The number of aromatic nitrogens is 2. The molecule has 0 radical (unpaired) electrons. The van der Waals surface area contributed by atoms with E-state index in [4.69, 9.17) is 4.74 Å². The molecule has 5 rings (SSSR count). The lowest BCUT2D eigenvalue weighted by molar-refractivity contribution is -0.113. The van der Waals surface area contributed by atoms with E-state index >= 15 is 4.39 Å². The third-order valence-electron chi connectivity index (χ3n) is 6.48. The molecule has 0 spiro atoms. The fraction of sp³-hybridized carbons (Fsp3) is 0.400. The number of amides is 1. The monoisotopic (exact) mass is 533 g/mol. The van der Waals surface area contributed by atoms with Crippen molar-refractivity contribution >= 4 is 46.8 Å². The number of β-amino-alcohol motifs (C(OH)–C–C–N with tert-alkyl or cyclic N) is 1. The number of nitrogens with one attached hydrogen (secondary N) is 2. The van der Waals surface area contributed by atoms with Crippen molar-refractivity contribution in [1.29, 1.82) is 0 Å². The molecule has 36 heavy (non-hydrogen) atoms. The lowest BCUT2D eigenvalue weighted by Gasteiger charge is -2.36. The van der Waals surface area contributed by atoms with Gasteiger partial charge in [-0.05, 0) is 54.9 Å². The molecule has 2 aromatic heterocycles. The highest BCUT2D eigenvalue weighted by Crippen LogP contribution is 2.30. The van der Waals surface area contributed by atoms with Gasteiger partial charge in [0, 0.05) is 37.3 Å². The minimum atomic E-state index is -1.07. The molecule has 0 aliphatic carbocycles. The Hall–Kier alpha value is -2.50. The summed E-state index contributed by atoms with van der Waals surface area (Å²) in [4.78, 5) is 23.4. The first-order chi connectivity index (χ1) is 17.0. The zero-order chi connectivity index (χ0) is 24.4. The van der Waals surface area contributed by atoms with Crippen LogP contribution >= 0.6 is 24.2 Å². The molecule has 1 saturated heterocycles. The number of nitrogens with zero attached hydrogens (tertiary/aromatic N) is 3. The highest BCUT2D eigenvalue weighted by Gasteiger charge is 2.30. The Bertz CT molecular complexity index is 1240. The van der Waals surface area contributed by atoms with E-state index in [1.54, 1.807) is 19.4 Å². The van der Waals surface area contributed by atoms with Crippen LogP contribution < -0.4 is 15.4 Å². The molecule has 3 aromatic rings. The molecule has 8 nitrogen and oxygen atoms in total. The van der Waals surface area contributed by atoms with E-state index in [1.807, 2.05) is 35.2 Å². The molecule has 192 valence electrons. The first-order valence-corrected chi connectivity index (χ1v) is 12.6. The number of ether oxygens (including phenoxy) is 1. The molecule has 1 fully saturated rings. The number of hydrogen-bond acceptors (Lipinski definition) is 8. The molecule has 1 aromatic carbocycles. The number of methoxy groups -OCH3 is 1. The van der Waals surface area contributed by atoms with E-state index in [2.05, 4.69) is 20.6 Å². The Labute approximate surface area is 219 Å². The van der Waals surface area contributed by atoms with Crippen molar-refractivity contribution in [1.82, 2.24) is 20.2 Å². The largest absolute Gasteiger partial charge is 0.497 e. The number of hydrogen-bond donors (Lipinski definition) is 3. The fourth-order valence-electron chi connectivity index (χ4n) is 4.61. The van der Waals surface area contributed by atoms with E-state index in [0.717, 1.165) is 27.1 Å². The second kappa shape index (κ2) is 11.7. The van der Waals surface area contributed by atoms with Crippen LogP contribution in [0, 0.1) is 0 Å². The summed E-state index contributed by atoms with van der Waals surface area (Å²) in [5, 5.41) is 17.9. The maximum Gasteiger partial charge on any atom is 0.235 e. The summed E-state index contributed by atoms with van der Waals surface area (Å²) < 4.78 is 20.4. The number of likely N-dealkylation sites (tertiary alicyclic amines) is 1. The van der Waals surface area contributed by atoms with Crippen LogP contribution in [0.25, 0.3) is 10.9 Å². The molecule has 0 bridgehead atoms. The average Bonchev–Trinajstić information content (AvgIpc) is 2.87. The van der Waals surface area contributed by atoms with Gasteiger partial charge in [0.15, 0.2) is 0 Å². The van der Waals surface area contributed by atoms with Gasteiger partial charge in [0.05, 0.1) is 35.1 Å². The van der Waals surface area contributed by atoms with Gasteiger partial charge in [0.25, 0.3) is 0 Å². The molecule has 2 unspecified atom stereocenters. The van der Waals surface area contributed by atoms with Gasteiger partial charge >= 0.3 is 0 Å². The molecule has 0 saturated carbocycles. The predicted octanol–water partition coefficient (Wildman–Crippen LogP) is 3.34. The van der Waals surface area contributed by atoms with E-state index in [0.29, 0.717) is 43.4 Å². The van der Waals surface area contributed by atoms with E-state index < -0.39 is 12.3 Å². The molecule has 2 aliphatic heterocycles. The molecule has 11 heteroatoms. The normalized spacial score (nSPS) is 20.8. The van der Waals surface area contributed by atoms with Gasteiger partial charge < -0.3 is 20.5 Å². The molecule has 4 heterocycles. The number of carbonyl (C=O) groups is 1. The van der Waals surface area contributed by atoms with Crippen molar-refractivity contribution in [2.45, 2.75) is 36.2 Å². The van der Waals surface area contributed by atoms with Crippen LogP contribution in [0.1, 0.15) is 23.8 Å². The average molecular weight is 534 g/mol.